The first-order valence-electron chi connectivity index (χ1n) is 3.87. The van der Waals surface area contributed by atoms with E-state index in [1.54, 1.807) is 23.9 Å². The van der Waals surface area contributed by atoms with Crippen LogP contribution < -0.4 is 0 Å². The van der Waals surface area contributed by atoms with Crippen molar-refractivity contribution in [3.8, 4) is 0 Å². The van der Waals surface area contributed by atoms with Gasteiger partial charge < -0.3 is 0 Å². The molecule has 70 valence electrons. The first-order valence-corrected chi connectivity index (χ1v) is 5.13. The lowest BCUT2D eigenvalue weighted by atomic mass is 10.3. The highest BCUT2D eigenvalue weighted by atomic mass is 35.5. The average Bonchev–Trinajstić information content (AvgIpc) is 2.11. The van der Waals surface area contributed by atoms with Crippen molar-refractivity contribution in [2.75, 3.05) is 0 Å². The van der Waals surface area contributed by atoms with Crippen LogP contribution in [0.4, 0.5) is 4.39 Å². The van der Waals surface area contributed by atoms with Gasteiger partial charge in [0.05, 0.1) is 5.02 Å². The second-order valence-corrected chi connectivity index (χ2v) is 4.49. The van der Waals surface area contributed by atoms with Gasteiger partial charge in [-0.1, -0.05) is 17.7 Å². The van der Waals surface area contributed by atoms with E-state index >= 15 is 0 Å². The van der Waals surface area contributed by atoms with Crippen LogP contribution in [-0.2, 0) is 0 Å². The van der Waals surface area contributed by atoms with Crippen molar-refractivity contribution >= 4 is 23.4 Å². The number of benzene rings is 1. The highest BCUT2D eigenvalue weighted by Crippen LogP contribution is 2.27. The summed E-state index contributed by atoms with van der Waals surface area (Å²) in [5.74, 6) is -0.378. The van der Waals surface area contributed by atoms with Gasteiger partial charge in [0, 0.05) is 10.1 Å². The Kier molecular flexibility index (Phi) is 3.82. The van der Waals surface area contributed by atoms with Gasteiger partial charge in [0.2, 0.25) is 0 Å². The molecule has 0 saturated carbocycles. The van der Waals surface area contributed by atoms with Crippen LogP contribution in [0.1, 0.15) is 6.92 Å². The number of hydrogen-bond donors (Lipinski definition) is 0. The monoisotopic (exact) mass is 216 g/mol. The molecule has 0 saturated heterocycles. The second kappa shape index (κ2) is 4.68. The molecular weight excluding hydrogens is 207 g/mol. The Labute approximate surface area is 86.8 Å². The average molecular weight is 217 g/mol. The molecule has 1 atom stereocenters. The summed E-state index contributed by atoms with van der Waals surface area (Å²) >= 11 is 7.22. The molecule has 13 heavy (non-hydrogen) atoms. The number of rotatable bonds is 3. The fourth-order valence-corrected chi connectivity index (χ4v) is 1.92. The second-order valence-electron chi connectivity index (χ2n) is 2.63. The van der Waals surface area contributed by atoms with Crippen LogP contribution in [0, 0.1) is 5.82 Å². The third kappa shape index (κ3) is 3.05. The topological polar surface area (TPSA) is 0 Å². The smallest absolute Gasteiger partial charge is 0.141 e. The Morgan fingerprint density at radius 2 is 2.31 bits per heavy atom. The molecule has 0 aliphatic rings. The molecule has 0 radical (unpaired) electrons. The van der Waals surface area contributed by atoms with Crippen LogP contribution >= 0.6 is 23.4 Å². The summed E-state index contributed by atoms with van der Waals surface area (Å²) < 4.78 is 12.8. The lowest BCUT2D eigenvalue weighted by Crippen LogP contribution is -1.88. The molecule has 0 nitrogen and oxygen atoms in total. The Morgan fingerprint density at radius 1 is 1.62 bits per heavy atom. The maximum Gasteiger partial charge on any atom is 0.141 e. The van der Waals surface area contributed by atoms with Crippen molar-refractivity contribution in [3.05, 3.63) is 41.7 Å². The van der Waals surface area contributed by atoms with Gasteiger partial charge >= 0.3 is 0 Å². The predicted molar refractivity (Wildman–Crippen MR) is 56.9 cm³/mol. The molecule has 0 aliphatic carbocycles. The van der Waals surface area contributed by atoms with Gasteiger partial charge in [0.25, 0.3) is 0 Å². The summed E-state index contributed by atoms with van der Waals surface area (Å²) in [7, 11) is 0. The van der Waals surface area contributed by atoms with Crippen molar-refractivity contribution in [2.45, 2.75) is 17.1 Å². The number of thioether (sulfide) groups is 1. The minimum absolute atomic E-state index is 0.168. The van der Waals surface area contributed by atoms with Crippen LogP contribution in [0.3, 0.4) is 0 Å². The van der Waals surface area contributed by atoms with E-state index in [1.807, 2.05) is 13.0 Å². The summed E-state index contributed by atoms with van der Waals surface area (Å²) in [6.07, 6.45) is 1.84. The van der Waals surface area contributed by atoms with E-state index in [2.05, 4.69) is 6.58 Å². The number of halogens is 2. The highest BCUT2D eigenvalue weighted by Gasteiger charge is 2.03. The van der Waals surface area contributed by atoms with E-state index in [4.69, 9.17) is 11.6 Å². The van der Waals surface area contributed by atoms with Gasteiger partial charge in [0.1, 0.15) is 5.82 Å². The van der Waals surface area contributed by atoms with Crippen molar-refractivity contribution in [1.82, 2.24) is 0 Å². The van der Waals surface area contributed by atoms with Crippen LogP contribution in [0.5, 0.6) is 0 Å². The van der Waals surface area contributed by atoms with Crippen molar-refractivity contribution in [1.29, 1.82) is 0 Å². The Morgan fingerprint density at radius 3 is 2.85 bits per heavy atom. The van der Waals surface area contributed by atoms with Crippen LogP contribution in [-0.4, -0.2) is 5.25 Å². The molecule has 0 N–H and O–H groups in total. The minimum atomic E-state index is -0.378. The van der Waals surface area contributed by atoms with Gasteiger partial charge in [-0.3, -0.25) is 0 Å². The van der Waals surface area contributed by atoms with E-state index in [9.17, 15) is 4.39 Å². The maximum absolute atomic E-state index is 12.8. The van der Waals surface area contributed by atoms with Crippen LogP contribution in [0.15, 0.2) is 35.7 Å². The van der Waals surface area contributed by atoms with Gasteiger partial charge in [-0.25, -0.2) is 4.39 Å². The molecule has 0 bridgehead atoms. The van der Waals surface area contributed by atoms with E-state index in [1.165, 1.54) is 6.07 Å². The quantitative estimate of drug-likeness (QED) is 0.541. The Balaban J connectivity index is 2.79. The lowest BCUT2D eigenvalue weighted by Gasteiger charge is -2.05. The largest absolute Gasteiger partial charge is 0.205 e. The van der Waals surface area contributed by atoms with E-state index in [0.29, 0.717) is 5.25 Å². The molecular formula is C10H10ClFS. The zero-order chi connectivity index (χ0) is 9.84. The van der Waals surface area contributed by atoms with Gasteiger partial charge in [0.15, 0.2) is 0 Å². The zero-order valence-electron chi connectivity index (χ0n) is 7.26. The van der Waals surface area contributed by atoms with Crippen LogP contribution in [0.25, 0.3) is 0 Å². The molecule has 1 rings (SSSR count). The molecule has 3 heteroatoms. The molecule has 1 aromatic rings. The van der Waals surface area contributed by atoms with Crippen molar-refractivity contribution in [3.63, 3.8) is 0 Å². The van der Waals surface area contributed by atoms with E-state index in [0.717, 1.165) is 4.90 Å². The molecule has 0 aliphatic heterocycles. The summed E-state index contributed by atoms with van der Waals surface area (Å²) in [6.45, 7) is 5.69. The third-order valence-corrected chi connectivity index (χ3v) is 2.92. The minimum Gasteiger partial charge on any atom is -0.205 e. The Hall–Kier alpha value is -0.470. The summed E-state index contributed by atoms with van der Waals surface area (Å²) in [5, 5.41) is 0.475. The lowest BCUT2D eigenvalue weighted by molar-refractivity contribution is 0.627. The first kappa shape index (κ1) is 10.6. The molecule has 0 heterocycles. The molecule has 0 amide bonds. The highest BCUT2D eigenvalue weighted by molar-refractivity contribution is 8.00. The Bertz CT molecular complexity index is 312. The van der Waals surface area contributed by atoms with Crippen molar-refractivity contribution < 1.29 is 4.39 Å². The van der Waals surface area contributed by atoms with Gasteiger partial charge in [-0.15, -0.1) is 18.3 Å². The van der Waals surface area contributed by atoms with Gasteiger partial charge in [-0.05, 0) is 25.1 Å². The fourth-order valence-electron chi connectivity index (χ4n) is 0.813. The van der Waals surface area contributed by atoms with E-state index in [-0.39, 0.29) is 10.8 Å². The molecule has 0 spiro atoms. The van der Waals surface area contributed by atoms with Crippen molar-refractivity contribution in [2.24, 2.45) is 0 Å². The third-order valence-electron chi connectivity index (χ3n) is 1.54. The summed E-state index contributed by atoms with van der Waals surface area (Å²) in [4.78, 5) is 0.957. The zero-order valence-corrected chi connectivity index (χ0v) is 8.83. The SMILES string of the molecule is C=CC(C)Sc1ccc(F)c(Cl)c1. The summed E-state index contributed by atoms with van der Waals surface area (Å²) in [6, 6.07) is 4.72. The fraction of sp³-hybridized carbons (Fsp3) is 0.200. The van der Waals surface area contributed by atoms with Crippen LogP contribution in [0.2, 0.25) is 5.02 Å². The van der Waals surface area contributed by atoms with E-state index < -0.39 is 0 Å². The molecule has 1 aromatic carbocycles. The number of hydrogen-bond acceptors (Lipinski definition) is 1. The summed E-state index contributed by atoms with van der Waals surface area (Å²) in [5.41, 5.74) is 0. The first-order chi connectivity index (χ1) is 6.13. The molecule has 1 unspecified atom stereocenters. The standard InChI is InChI=1S/C10H10ClFS/c1-3-7(2)13-8-4-5-10(12)9(11)6-8/h3-7H,1H2,2H3. The maximum atomic E-state index is 12.8. The molecule has 0 aromatic heterocycles. The molecule has 0 fully saturated rings. The normalized spacial score (nSPS) is 12.5. The predicted octanol–water partition coefficient (Wildman–Crippen LogP) is 4.15. The van der Waals surface area contributed by atoms with Gasteiger partial charge in [-0.2, -0.15) is 0 Å².